The van der Waals surface area contributed by atoms with Gasteiger partial charge in [0.05, 0.1) is 26.2 Å². The molecule has 0 amide bonds. The van der Waals surface area contributed by atoms with Crippen LogP contribution < -0.4 is 28.8 Å². The maximum Gasteiger partial charge on any atom is 0.243 e. The SMILES string of the molecule is C/C=C(\C=C/NC)/C=C/c1ccc(N(C)CCCn2cc[n+](CCSSCC[n+]3ccn(CCCN(C)c4ccc(/C=C/c5cc[n+](C)cc5)cc4)c3)c2)cc1. The molecule has 0 aliphatic rings. The van der Waals surface area contributed by atoms with Crippen molar-refractivity contribution in [2.75, 3.05) is 55.5 Å². The van der Waals surface area contributed by atoms with Gasteiger partial charge in [0, 0.05) is 82.1 Å². The molecule has 3 heterocycles. The minimum atomic E-state index is 1.01. The number of imidazole rings is 2. The zero-order valence-electron chi connectivity index (χ0n) is 34.0. The number of anilines is 2. The van der Waals surface area contributed by atoms with Crippen LogP contribution in [0.3, 0.4) is 0 Å². The van der Waals surface area contributed by atoms with Crippen molar-refractivity contribution in [1.82, 2.24) is 14.5 Å². The molecule has 0 saturated carbocycles. The van der Waals surface area contributed by atoms with Crippen molar-refractivity contribution in [3.63, 3.8) is 0 Å². The van der Waals surface area contributed by atoms with Crippen LogP contribution >= 0.6 is 21.6 Å². The van der Waals surface area contributed by atoms with E-state index in [1.165, 1.54) is 33.6 Å². The molecule has 5 aromatic rings. The van der Waals surface area contributed by atoms with Crippen molar-refractivity contribution in [1.29, 1.82) is 0 Å². The molecule has 0 unspecified atom stereocenters. The Bertz CT molecular complexity index is 1990. The van der Waals surface area contributed by atoms with E-state index >= 15 is 0 Å². The zero-order chi connectivity index (χ0) is 39.4. The van der Waals surface area contributed by atoms with Gasteiger partial charge >= 0.3 is 0 Å². The van der Waals surface area contributed by atoms with Crippen LogP contribution in [-0.2, 0) is 33.2 Å². The smallest absolute Gasteiger partial charge is 0.243 e. The maximum absolute atomic E-state index is 3.04. The van der Waals surface area contributed by atoms with Crippen molar-refractivity contribution in [3.8, 4) is 0 Å². The van der Waals surface area contributed by atoms with E-state index in [0.29, 0.717) is 0 Å². The summed E-state index contributed by atoms with van der Waals surface area (Å²) in [4.78, 5) is 4.68. The van der Waals surface area contributed by atoms with Crippen molar-refractivity contribution in [2.24, 2.45) is 7.05 Å². The number of hydrogen-bond donors (Lipinski definition) is 1. The fraction of sp³-hybridized carbons (Fsp3) is 0.326. The molecule has 10 heteroatoms. The lowest BCUT2D eigenvalue weighted by molar-refractivity contribution is -0.692. The van der Waals surface area contributed by atoms with Crippen molar-refractivity contribution in [2.45, 2.75) is 45.9 Å². The van der Waals surface area contributed by atoms with Gasteiger partial charge in [-0.2, -0.15) is 0 Å². The molecule has 0 fully saturated rings. The molecular formula is C46H61N8S2+3. The molecule has 0 atom stereocenters. The Morgan fingerprint density at radius 3 is 1.62 bits per heavy atom. The summed E-state index contributed by atoms with van der Waals surface area (Å²) in [5.74, 6) is 2.20. The Kier molecular flexibility index (Phi) is 17.5. The second-order valence-electron chi connectivity index (χ2n) is 14.0. The Balaban J connectivity index is 0.903. The molecule has 8 nitrogen and oxygen atoms in total. The zero-order valence-corrected chi connectivity index (χ0v) is 35.6. The highest BCUT2D eigenvalue weighted by Crippen LogP contribution is 2.20. The second kappa shape index (κ2) is 23.2. The van der Waals surface area contributed by atoms with Crippen LogP contribution in [0.2, 0.25) is 0 Å². The van der Waals surface area contributed by atoms with E-state index in [1.54, 1.807) is 0 Å². The Hall–Kier alpha value is -4.93. The molecule has 0 radical (unpaired) electrons. The summed E-state index contributed by atoms with van der Waals surface area (Å²) in [6.07, 6.45) is 34.4. The van der Waals surface area contributed by atoms with E-state index in [2.05, 4.69) is 201 Å². The van der Waals surface area contributed by atoms with Crippen LogP contribution in [0.15, 0.2) is 141 Å². The Morgan fingerprint density at radius 2 is 1.14 bits per heavy atom. The van der Waals surface area contributed by atoms with E-state index in [-0.39, 0.29) is 0 Å². The van der Waals surface area contributed by atoms with E-state index in [4.69, 9.17) is 0 Å². The number of rotatable bonds is 23. The molecule has 1 N–H and O–H groups in total. The molecule has 0 spiro atoms. The average Bonchev–Trinajstić information content (AvgIpc) is 3.88. The second-order valence-corrected chi connectivity index (χ2v) is 16.7. The topological polar surface area (TPSA) is 40.0 Å². The van der Waals surface area contributed by atoms with E-state index < -0.39 is 0 Å². The number of hydrogen-bond acceptors (Lipinski definition) is 5. The highest BCUT2D eigenvalue weighted by Gasteiger charge is 2.08. The van der Waals surface area contributed by atoms with Gasteiger partial charge in [-0.15, -0.1) is 0 Å². The largest absolute Gasteiger partial charge is 0.394 e. The lowest BCUT2D eigenvalue weighted by Gasteiger charge is -2.18. The molecule has 294 valence electrons. The Morgan fingerprint density at radius 1 is 0.661 bits per heavy atom. The molecule has 0 aliphatic carbocycles. The molecule has 2 aromatic carbocycles. The van der Waals surface area contributed by atoms with Crippen LogP contribution in [0.4, 0.5) is 11.4 Å². The van der Waals surface area contributed by atoms with Gasteiger partial charge in [-0.05, 0) is 65.7 Å². The molecule has 5 rings (SSSR count). The van der Waals surface area contributed by atoms with Gasteiger partial charge in [-0.25, -0.2) is 22.8 Å². The van der Waals surface area contributed by atoms with Gasteiger partial charge in [-0.3, -0.25) is 0 Å². The van der Waals surface area contributed by atoms with E-state index in [1.807, 2.05) is 46.5 Å². The number of allylic oxidation sites excluding steroid dienone is 4. The minimum Gasteiger partial charge on any atom is -0.394 e. The number of aryl methyl sites for hydroxylation is 5. The molecule has 0 saturated heterocycles. The number of pyridine rings is 1. The van der Waals surface area contributed by atoms with Crippen molar-refractivity contribution >= 4 is 51.2 Å². The summed E-state index contributed by atoms with van der Waals surface area (Å²) in [6, 6.07) is 21.9. The fourth-order valence-corrected chi connectivity index (χ4v) is 8.13. The monoisotopic (exact) mass is 789 g/mol. The quantitative estimate of drug-likeness (QED) is 0.0319. The summed E-state index contributed by atoms with van der Waals surface area (Å²) < 4.78 is 11.3. The average molecular weight is 790 g/mol. The highest BCUT2D eigenvalue weighted by molar-refractivity contribution is 8.76. The highest BCUT2D eigenvalue weighted by atomic mass is 33.1. The molecule has 0 bridgehead atoms. The first-order chi connectivity index (χ1) is 27.4. The maximum atomic E-state index is 3.04. The predicted molar refractivity (Wildman–Crippen MR) is 240 cm³/mol. The fourth-order valence-electron chi connectivity index (χ4n) is 6.16. The normalized spacial score (nSPS) is 12.1. The number of benzene rings is 2. The molecule has 56 heavy (non-hydrogen) atoms. The van der Waals surface area contributed by atoms with Gasteiger partial charge < -0.3 is 15.1 Å². The third kappa shape index (κ3) is 14.6. The first kappa shape index (κ1) is 42.2. The van der Waals surface area contributed by atoms with Crippen LogP contribution in [0.25, 0.3) is 18.2 Å². The third-order valence-corrected chi connectivity index (χ3v) is 12.0. The van der Waals surface area contributed by atoms with Crippen LogP contribution in [0, 0.1) is 0 Å². The van der Waals surface area contributed by atoms with E-state index in [9.17, 15) is 0 Å². The summed E-state index contributed by atoms with van der Waals surface area (Å²) in [6.45, 7) is 8.17. The minimum absolute atomic E-state index is 1.01. The lowest BCUT2D eigenvalue weighted by Crippen LogP contribution is -2.33. The number of aromatic nitrogens is 5. The van der Waals surface area contributed by atoms with Crippen LogP contribution in [0.1, 0.15) is 36.5 Å². The van der Waals surface area contributed by atoms with Crippen LogP contribution in [-0.4, -0.2) is 54.9 Å². The lowest BCUT2D eigenvalue weighted by atomic mass is 10.1. The van der Waals surface area contributed by atoms with Gasteiger partial charge in [0.1, 0.15) is 31.8 Å². The third-order valence-electron chi connectivity index (χ3n) is 9.65. The number of nitrogens with one attached hydrogen (secondary N) is 1. The first-order valence-electron chi connectivity index (χ1n) is 19.7. The van der Waals surface area contributed by atoms with E-state index in [0.717, 1.165) is 63.6 Å². The summed E-state index contributed by atoms with van der Waals surface area (Å²) in [5.41, 5.74) is 7.29. The number of nitrogens with zero attached hydrogens (tertiary/aromatic N) is 7. The summed E-state index contributed by atoms with van der Waals surface area (Å²) in [5, 5.41) is 3.04. The van der Waals surface area contributed by atoms with Crippen molar-refractivity contribution < 1.29 is 13.7 Å². The van der Waals surface area contributed by atoms with Gasteiger partial charge in [0.15, 0.2) is 12.4 Å². The van der Waals surface area contributed by atoms with Crippen molar-refractivity contribution in [3.05, 3.63) is 157 Å². The van der Waals surface area contributed by atoms with Gasteiger partial charge in [0.2, 0.25) is 12.7 Å². The van der Waals surface area contributed by atoms with Crippen LogP contribution in [0.5, 0.6) is 0 Å². The standard InChI is InChI=1S/C46H61N8S2/c1-6-41(21-24-47-2)9-10-42-13-17-45(18-14-42)49(4)25-7-27-51-31-33-53(39-51)35-37-55-56-38-36-54-34-32-52(40-54)28-8-26-50(5)46-19-15-43(16-20-46)11-12-44-22-29-48(3)30-23-44/h6,9-24,29-34,39-40,47H,7-8,25-28,35-38H2,1-5H3/q+3/b10-9+,24-21-,41-6-. The van der Waals surface area contributed by atoms with Gasteiger partial charge in [0.25, 0.3) is 0 Å². The van der Waals surface area contributed by atoms with Gasteiger partial charge in [-0.1, -0.05) is 76.2 Å². The summed E-state index contributed by atoms with van der Waals surface area (Å²) in [7, 11) is 12.2. The molecule has 0 aliphatic heterocycles. The first-order valence-corrected chi connectivity index (χ1v) is 22.2. The predicted octanol–water partition coefficient (Wildman–Crippen LogP) is 7.69. The molecule has 3 aromatic heterocycles. The summed E-state index contributed by atoms with van der Waals surface area (Å²) >= 11 is 0. The molecular weight excluding hydrogens is 729 g/mol. The Labute approximate surface area is 343 Å².